The van der Waals surface area contributed by atoms with Crippen molar-refractivity contribution in [1.29, 1.82) is 0 Å². The van der Waals surface area contributed by atoms with Crippen molar-refractivity contribution in [1.82, 2.24) is 4.31 Å². The zero-order valence-corrected chi connectivity index (χ0v) is 17.8. The van der Waals surface area contributed by atoms with Gasteiger partial charge in [-0.15, -0.1) is 0 Å². The molecule has 0 bridgehead atoms. The zero-order chi connectivity index (χ0) is 19.6. The molecule has 144 valence electrons. The van der Waals surface area contributed by atoms with E-state index < -0.39 is 16.1 Å². The Morgan fingerprint density at radius 3 is 2.48 bits per heavy atom. The number of hydrogen-bond acceptors (Lipinski definition) is 3. The summed E-state index contributed by atoms with van der Waals surface area (Å²) in [6.45, 7) is 4.27. The Bertz CT molecular complexity index is 942. The van der Waals surface area contributed by atoms with E-state index in [9.17, 15) is 13.2 Å². The van der Waals surface area contributed by atoms with Crippen molar-refractivity contribution >= 4 is 37.5 Å². The number of aryl methyl sites for hydroxylation is 2. The van der Waals surface area contributed by atoms with Crippen LogP contribution in [0.2, 0.25) is 0 Å². The third-order valence-electron chi connectivity index (χ3n) is 4.82. The van der Waals surface area contributed by atoms with Crippen LogP contribution in [0.1, 0.15) is 30.4 Å². The molecule has 1 atom stereocenters. The maximum atomic E-state index is 13.1. The van der Waals surface area contributed by atoms with Crippen LogP contribution in [0.5, 0.6) is 0 Å². The molecule has 1 heterocycles. The maximum absolute atomic E-state index is 13.1. The minimum absolute atomic E-state index is 0.205. The topological polar surface area (TPSA) is 66.5 Å². The second-order valence-corrected chi connectivity index (χ2v) is 9.70. The van der Waals surface area contributed by atoms with Crippen molar-refractivity contribution < 1.29 is 13.2 Å². The van der Waals surface area contributed by atoms with Crippen LogP contribution >= 0.6 is 15.9 Å². The number of carbonyl (C=O) groups is 1. The molecule has 1 saturated heterocycles. The molecule has 1 aliphatic rings. The van der Waals surface area contributed by atoms with Gasteiger partial charge in [-0.2, -0.15) is 4.31 Å². The van der Waals surface area contributed by atoms with E-state index in [1.54, 1.807) is 24.3 Å². The predicted octanol–water partition coefficient (Wildman–Crippen LogP) is 4.25. The van der Waals surface area contributed by atoms with Crippen molar-refractivity contribution in [3.63, 3.8) is 0 Å². The molecule has 3 rings (SSSR count). The summed E-state index contributed by atoms with van der Waals surface area (Å²) in [6.07, 6.45) is 2.10. The quantitative estimate of drug-likeness (QED) is 0.756. The number of sulfonamides is 1. The molecule has 0 aliphatic carbocycles. The number of carbonyl (C=O) groups excluding carboxylic acids is 1. The number of nitrogens with zero attached hydrogens (tertiary/aromatic N) is 1. The van der Waals surface area contributed by atoms with Crippen molar-refractivity contribution in [2.75, 3.05) is 11.9 Å². The van der Waals surface area contributed by atoms with Crippen LogP contribution in [-0.4, -0.2) is 31.2 Å². The summed E-state index contributed by atoms with van der Waals surface area (Å²) < 4.78 is 28.4. The first-order valence-corrected chi connectivity index (χ1v) is 11.2. The van der Waals surface area contributed by atoms with Gasteiger partial charge in [0.2, 0.25) is 15.9 Å². The second-order valence-electron chi connectivity index (χ2n) is 6.89. The molecule has 1 fully saturated rings. The van der Waals surface area contributed by atoms with Gasteiger partial charge >= 0.3 is 0 Å². The molecule has 0 saturated carbocycles. The number of hydrogen-bond donors (Lipinski definition) is 1. The molecule has 0 unspecified atom stereocenters. The summed E-state index contributed by atoms with van der Waals surface area (Å²) in [6, 6.07) is 11.6. The molecule has 0 spiro atoms. The highest BCUT2D eigenvalue weighted by Gasteiger charge is 2.37. The van der Waals surface area contributed by atoms with Gasteiger partial charge in [0.05, 0.1) is 4.90 Å². The van der Waals surface area contributed by atoms with Gasteiger partial charge in [-0.3, -0.25) is 4.79 Å². The molecule has 1 amide bonds. The summed E-state index contributed by atoms with van der Waals surface area (Å²) in [5, 5.41) is 2.92. The first kappa shape index (κ1) is 20.0. The number of piperidine rings is 1. The second kappa shape index (κ2) is 8.12. The third-order valence-corrected chi connectivity index (χ3v) is 7.27. The monoisotopic (exact) mass is 450 g/mol. The highest BCUT2D eigenvalue weighted by Crippen LogP contribution is 2.27. The van der Waals surface area contributed by atoms with Crippen LogP contribution in [-0.2, 0) is 14.8 Å². The molecular weight excluding hydrogens is 428 g/mol. The Balaban J connectivity index is 1.86. The van der Waals surface area contributed by atoms with Crippen LogP contribution in [0, 0.1) is 13.8 Å². The minimum atomic E-state index is -3.73. The van der Waals surface area contributed by atoms with Gasteiger partial charge in [-0.1, -0.05) is 40.0 Å². The van der Waals surface area contributed by atoms with Gasteiger partial charge in [-0.25, -0.2) is 8.42 Å². The van der Waals surface area contributed by atoms with Gasteiger partial charge in [0.1, 0.15) is 6.04 Å². The van der Waals surface area contributed by atoms with E-state index in [-0.39, 0.29) is 10.8 Å². The van der Waals surface area contributed by atoms with E-state index >= 15 is 0 Å². The number of rotatable bonds is 4. The average molecular weight is 451 g/mol. The van der Waals surface area contributed by atoms with Gasteiger partial charge in [-0.05, 0) is 62.6 Å². The summed E-state index contributed by atoms with van der Waals surface area (Å²) in [5.74, 6) is -0.276. The summed E-state index contributed by atoms with van der Waals surface area (Å²) in [5.41, 5.74) is 2.79. The number of amides is 1. The molecule has 1 aliphatic heterocycles. The highest BCUT2D eigenvalue weighted by molar-refractivity contribution is 9.10. The first-order chi connectivity index (χ1) is 12.8. The number of benzene rings is 2. The first-order valence-electron chi connectivity index (χ1n) is 8.94. The van der Waals surface area contributed by atoms with Crippen molar-refractivity contribution in [3.8, 4) is 0 Å². The lowest BCUT2D eigenvalue weighted by Gasteiger charge is -2.33. The third kappa shape index (κ3) is 4.42. The van der Waals surface area contributed by atoms with Crippen LogP contribution in [0.25, 0.3) is 0 Å². The lowest BCUT2D eigenvalue weighted by molar-refractivity contribution is -0.120. The van der Waals surface area contributed by atoms with E-state index in [4.69, 9.17) is 0 Å². The van der Waals surface area contributed by atoms with Crippen molar-refractivity contribution in [2.24, 2.45) is 0 Å². The van der Waals surface area contributed by atoms with E-state index in [0.717, 1.165) is 34.1 Å². The molecule has 1 N–H and O–H groups in total. The molecule has 2 aromatic carbocycles. The average Bonchev–Trinajstić information content (AvgIpc) is 2.64. The predicted molar refractivity (Wildman–Crippen MR) is 110 cm³/mol. The Morgan fingerprint density at radius 1 is 1.11 bits per heavy atom. The van der Waals surface area contributed by atoms with Gasteiger partial charge < -0.3 is 5.32 Å². The number of anilines is 1. The van der Waals surface area contributed by atoms with E-state index in [1.807, 2.05) is 32.0 Å². The zero-order valence-electron chi connectivity index (χ0n) is 15.4. The highest BCUT2D eigenvalue weighted by atomic mass is 79.9. The fourth-order valence-electron chi connectivity index (χ4n) is 3.37. The molecule has 7 heteroatoms. The summed E-state index contributed by atoms with van der Waals surface area (Å²) in [7, 11) is -3.73. The van der Waals surface area contributed by atoms with Crippen molar-refractivity contribution in [3.05, 3.63) is 58.1 Å². The Labute approximate surface area is 169 Å². The van der Waals surface area contributed by atoms with E-state index in [1.165, 1.54) is 4.31 Å². The smallest absolute Gasteiger partial charge is 0.243 e. The standard InChI is InChI=1S/C20H23BrN2O3S/c1-14-6-11-18(15(2)13-14)22-20(24)19-5-3-4-12-23(19)27(25,26)17-9-7-16(21)8-10-17/h6-11,13,19H,3-5,12H2,1-2H3,(H,22,24)/t19-/m0/s1. The van der Waals surface area contributed by atoms with Crippen LogP contribution in [0.3, 0.4) is 0 Å². The lowest BCUT2D eigenvalue weighted by Crippen LogP contribution is -2.49. The molecule has 0 radical (unpaired) electrons. The summed E-state index contributed by atoms with van der Waals surface area (Å²) >= 11 is 3.32. The molecule has 5 nitrogen and oxygen atoms in total. The molecular formula is C20H23BrN2O3S. The summed E-state index contributed by atoms with van der Waals surface area (Å²) in [4.78, 5) is 13.1. The normalized spacial score (nSPS) is 18.3. The van der Waals surface area contributed by atoms with Gasteiger partial charge in [0.15, 0.2) is 0 Å². The van der Waals surface area contributed by atoms with Gasteiger partial charge in [0, 0.05) is 16.7 Å². The fourth-order valence-corrected chi connectivity index (χ4v) is 5.29. The van der Waals surface area contributed by atoms with E-state index in [0.29, 0.717) is 13.0 Å². The van der Waals surface area contributed by atoms with Crippen molar-refractivity contribution in [2.45, 2.75) is 44.0 Å². The van der Waals surface area contributed by atoms with Crippen LogP contribution in [0.15, 0.2) is 51.8 Å². The largest absolute Gasteiger partial charge is 0.324 e. The van der Waals surface area contributed by atoms with Crippen LogP contribution in [0.4, 0.5) is 5.69 Å². The maximum Gasteiger partial charge on any atom is 0.243 e. The van der Waals surface area contributed by atoms with Crippen LogP contribution < -0.4 is 5.32 Å². The number of nitrogens with one attached hydrogen (secondary N) is 1. The van der Waals surface area contributed by atoms with E-state index in [2.05, 4.69) is 21.2 Å². The molecule has 27 heavy (non-hydrogen) atoms. The molecule has 0 aromatic heterocycles. The Morgan fingerprint density at radius 2 is 1.81 bits per heavy atom. The fraction of sp³-hybridized carbons (Fsp3) is 0.350. The Hall–Kier alpha value is -1.70. The van der Waals surface area contributed by atoms with Gasteiger partial charge in [0.25, 0.3) is 0 Å². The minimum Gasteiger partial charge on any atom is -0.324 e. The Kier molecular flexibility index (Phi) is 6.03. The lowest BCUT2D eigenvalue weighted by atomic mass is 10.0. The molecule has 2 aromatic rings. The SMILES string of the molecule is Cc1ccc(NC(=O)[C@@H]2CCCCN2S(=O)(=O)c2ccc(Br)cc2)c(C)c1. The number of halogens is 1.